The van der Waals surface area contributed by atoms with Gasteiger partial charge in [-0.3, -0.25) is 4.79 Å². The maximum absolute atomic E-state index is 11.6. The van der Waals surface area contributed by atoms with Gasteiger partial charge in [0.2, 0.25) is 5.76 Å². The normalized spacial score (nSPS) is 11.9. The Hall–Kier alpha value is -1.85. The van der Waals surface area contributed by atoms with E-state index < -0.39 is 17.9 Å². The summed E-state index contributed by atoms with van der Waals surface area (Å²) in [6.45, 7) is 5.22. The molecule has 0 bridgehead atoms. The van der Waals surface area contributed by atoms with Crippen molar-refractivity contribution in [3.8, 4) is 0 Å². The molecule has 1 heterocycles. The van der Waals surface area contributed by atoms with Crippen LogP contribution in [0.25, 0.3) is 0 Å². The quantitative estimate of drug-likeness (QED) is 0.763. The summed E-state index contributed by atoms with van der Waals surface area (Å²) in [6.07, 6.45) is 1.43. The third-order valence-electron chi connectivity index (χ3n) is 1.94. The standard InChI is InChI=1S/C10H14N2O4/c1-4-15-10(14)7(3)12-9(13)8-6(2)5-11-16-8/h5,7H,4H2,1-3H3,(H,12,13). The van der Waals surface area contributed by atoms with Crippen LogP contribution in [0.4, 0.5) is 0 Å². The predicted molar refractivity (Wildman–Crippen MR) is 54.8 cm³/mol. The van der Waals surface area contributed by atoms with Crippen LogP contribution in [0.3, 0.4) is 0 Å². The number of nitrogens with zero attached hydrogens (tertiary/aromatic N) is 1. The van der Waals surface area contributed by atoms with E-state index in [9.17, 15) is 9.59 Å². The van der Waals surface area contributed by atoms with Crippen molar-refractivity contribution in [3.05, 3.63) is 17.5 Å². The van der Waals surface area contributed by atoms with Crippen LogP contribution in [0.1, 0.15) is 30.0 Å². The number of carbonyl (C=O) groups is 2. The van der Waals surface area contributed by atoms with Gasteiger partial charge in [0.15, 0.2) is 0 Å². The second-order valence-electron chi connectivity index (χ2n) is 3.29. The molecule has 0 saturated carbocycles. The lowest BCUT2D eigenvalue weighted by Crippen LogP contribution is -2.39. The number of nitrogens with one attached hydrogen (secondary N) is 1. The van der Waals surface area contributed by atoms with Crippen LogP contribution in [0.15, 0.2) is 10.7 Å². The van der Waals surface area contributed by atoms with Crippen molar-refractivity contribution in [2.45, 2.75) is 26.8 Å². The Morgan fingerprint density at radius 3 is 2.81 bits per heavy atom. The Balaban J connectivity index is 2.58. The van der Waals surface area contributed by atoms with Crippen molar-refractivity contribution in [3.63, 3.8) is 0 Å². The number of aromatic nitrogens is 1. The van der Waals surface area contributed by atoms with E-state index in [2.05, 4.69) is 10.5 Å². The number of aryl methyl sites for hydroxylation is 1. The molecule has 0 aliphatic rings. The first kappa shape index (κ1) is 12.2. The van der Waals surface area contributed by atoms with E-state index in [1.54, 1.807) is 20.8 Å². The molecule has 0 fully saturated rings. The number of esters is 1. The minimum atomic E-state index is -0.711. The first-order valence-electron chi connectivity index (χ1n) is 4.95. The number of rotatable bonds is 4. The number of carbonyl (C=O) groups excluding carboxylic acids is 2. The zero-order valence-corrected chi connectivity index (χ0v) is 9.44. The van der Waals surface area contributed by atoms with Crippen LogP contribution in [0, 0.1) is 6.92 Å². The Kier molecular flexibility index (Phi) is 4.04. The SMILES string of the molecule is CCOC(=O)C(C)NC(=O)c1oncc1C. The van der Waals surface area contributed by atoms with Crippen molar-refractivity contribution in [2.24, 2.45) is 0 Å². The third kappa shape index (κ3) is 2.82. The van der Waals surface area contributed by atoms with Gasteiger partial charge in [0, 0.05) is 5.56 Å². The second-order valence-corrected chi connectivity index (χ2v) is 3.29. The van der Waals surface area contributed by atoms with E-state index in [4.69, 9.17) is 9.26 Å². The lowest BCUT2D eigenvalue weighted by Gasteiger charge is -2.11. The Morgan fingerprint density at radius 1 is 1.62 bits per heavy atom. The largest absolute Gasteiger partial charge is 0.464 e. The first-order valence-corrected chi connectivity index (χ1v) is 4.95. The van der Waals surface area contributed by atoms with Crippen LogP contribution < -0.4 is 5.32 Å². The van der Waals surface area contributed by atoms with Crippen molar-refractivity contribution >= 4 is 11.9 Å². The highest BCUT2D eigenvalue weighted by atomic mass is 16.5. The molecule has 1 rings (SSSR count). The van der Waals surface area contributed by atoms with Crippen LogP contribution in [-0.4, -0.2) is 29.7 Å². The van der Waals surface area contributed by atoms with E-state index >= 15 is 0 Å². The van der Waals surface area contributed by atoms with Gasteiger partial charge < -0.3 is 14.6 Å². The molecule has 1 atom stereocenters. The molecule has 16 heavy (non-hydrogen) atoms. The summed E-state index contributed by atoms with van der Waals surface area (Å²) in [5.41, 5.74) is 0.619. The van der Waals surface area contributed by atoms with Crippen LogP contribution in [0.2, 0.25) is 0 Å². The molecule has 0 aromatic carbocycles. The molecule has 0 saturated heterocycles. The molecule has 0 radical (unpaired) electrons. The number of ether oxygens (including phenoxy) is 1. The zero-order valence-electron chi connectivity index (χ0n) is 9.44. The van der Waals surface area contributed by atoms with Crippen molar-refractivity contribution < 1.29 is 18.8 Å². The molecule has 0 spiro atoms. The van der Waals surface area contributed by atoms with Gasteiger partial charge in [-0.1, -0.05) is 5.16 Å². The van der Waals surface area contributed by atoms with Gasteiger partial charge in [0.05, 0.1) is 12.8 Å². The summed E-state index contributed by atoms with van der Waals surface area (Å²) in [4.78, 5) is 22.8. The minimum Gasteiger partial charge on any atom is -0.464 e. The molecular formula is C10H14N2O4. The molecule has 6 heteroatoms. The summed E-state index contributed by atoms with van der Waals surface area (Å²) in [5, 5.41) is 5.94. The lowest BCUT2D eigenvalue weighted by molar-refractivity contribution is -0.144. The van der Waals surface area contributed by atoms with E-state index in [0.717, 1.165) is 0 Å². The fourth-order valence-electron chi connectivity index (χ4n) is 1.10. The molecule has 1 aromatic rings. The van der Waals surface area contributed by atoms with E-state index in [1.165, 1.54) is 6.20 Å². The van der Waals surface area contributed by atoms with Gasteiger partial charge >= 0.3 is 5.97 Å². The summed E-state index contributed by atoms with van der Waals surface area (Å²) < 4.78 is 9.50. The molecule has 0 aliphatic carbocycles. The second kappa shape index (κ2) is 5.29. The van der Waals surface area contributed by atoms with Crippen molar-refractivity contribution in [1.29, 1.82) is 0 Å². The summed E-state index contributed by atoms with van der Waals surface area (Å²) in [5.74, 6) is -0.847. The molecule has 1 amide bonds. The lowest BCUT2D eigenvalue weighted by atomic mass is 10.2. The molecular weight excluding hydrogens is 212 g/mol. The smallest absolute Gasteiger partial charge is 0.328 e. The zero-order chi connectivity index (χ0) is 12.1. The van der Waals surface area contributed by atoms with Crippen LogP contribution in [-0.2, 0) is 9.53 Å². The Bertz CT molecular complexity index is 386. The topological polar surface area (TPSA) is 81.4 Å². The highest BCUT2D eigenvalue weighted by Crippen LogP contribution is 2.05. The van der Waals surface area contributed by atoms with E-state index in [1.807, 2.05) is 0 Å². The molecule has 0 aliphatic heterocycles. The molecule has 1 unspecified atom stereocenters. The van der Waals surface area contributed by atoms with Crippen molar-refractivity contribution in [1.82, 2.24) is 10.5 Å². The first-order chi connectivity index (χ1) is 7.56. The van der Waals surface area contributed by atoms with Gasteiger partial charge in [0.1, 0.15) is 6.04 Å². The van der Waals surface area contributed by atoms with Gasteiger partial charge in [-0.15, -0.1) is 0 Å². The average molecular weight is 226 g/mol. The number of amides is 1. The molecule has 6 nitrogen and oxygen atoms in total. The van der Waals surface area contributed by atoms with E-state index in [-0.39, 0.29) is 12.4 Å². The fraction of sp³-hybridized carbons (Fsp3) is 0.500. The maximum Gasteiger partial charge on any atom is 0.328 e. The minimum absolute atomic E-state index is 0.108. The summed E-state index contributed by atoms with van der Waals surface area (Å²) in [6, 6.07) is -0.711. The maximum atomic E-state index is 11.6. The average Bonchev–Trinajstić information content (AvgIpc) is 2.64. The van der Waals surface area contributed by atoms with Gasteiger partial charge in [-0.05, 0) is 20.8 Å². The summed E-state index contributed by atoms with van der Waals surface area (Å²) >= 11 is 0. The van der Waals surface area contributed by atoms with Crippen LogP contribution in [0.5, 0.6) is 0 Å². The molecule has 1 aromatic heterocycles. The third-order valence-corrected chi connectivity index (χ3v) is 1.94. The van der Waals surface area contributed by atoms with Crippen molar-refractivity contribution in [2.75, 3.05) is 6.61 Å². The fourth-order valence-corrected chi connectivity index (χ4v) is 1.10. The molecule has 88 valence electrons. The Labute approximate surface area is 92.9 Å². The number of hydrogen-bond donors (Lipinski definition) is 1. The highest BCUT2D eigenvalue weighted by Gasteiger charge is 2.20. The van der Waals surface area contributed by atoms with Gasteiger partial charge in [-0.2, -0.15) is 0 Å². The van der Waals surface area contributed by atoms with Gasteiger partial charge in [-0.25, -0.2) is 4.79 Å². The monoisotopic (exact) mass is 226 g/mol. The summed E-state index contributed by atoms with van der Waals surface area (Å²) in [7, 11) is 0. The highest BCUT2D eigenvalue weighted by molar-refractivity contribution is 5.95. The predicted octanol–water partition coefficient (Wildman–Crippen LogP) is 0.664. The molecule has 1 N–H and O–H groups in total. The number of hydrogen-bond acceptors (Lipinski definition) is 5. The van der Waals surface area contributed by atoms with Crippen LogP contribution >= 0.6 is 0 Å². The van der Waals surface area contributed by atoms with E-state index in [0.29, 0.717) is 5.56 Å². The Morgan fingerprint density at radius 2 is 2.31 bits per heavy atom. The van der Waals surface area contributed by atoms with Gasteiger partial charge in [0.25, 0.3) is 5.91 Å².